The lowest BCUT2D eigenvalue weighted by molar-refractivity contribution is 0.0697. The fraction of sp³-hybridized carbons (Fsp3) is 0.394. The smallest absolute Gasteiger partial charge is 0.335 e. The van der Waals surface area contributed by atoms with Crippen LogP contribution in [0.3, 0.4) is 0 Å². The number of phenols is 1. The second kappa shape index (κ2) is 13.9. The zero-order valence-corrected chi connectivity index (χ0v) is 23.9. The van der Waals surface area contributed by atoms with Crippen LogP contribution in [-0.4, -0.2) is 45.9 Å². The molecule has 0 amide bonds. The molecular weight excluding hydrogens is 500 g/mol. The van der Waals surface area contributed by atoms with E-state index in [1.807, 2.05) is 39.1 Å². The molecule has 0 atom stereocenters. The van der Waals surface area contributed by atoms with Gasteiger partial charge in [0.1, 0.15) is 11.6 Å². The lowest BCUT2D eigenvalue weighted by Crippen LogP contribution is -2.17. The number of anilines is 2. The van der Waals surface area contributed by atoms with E-state index in [1.165, 1.54) is 56.6 Å². The van der Waals surface area contributed by atoms with Crippen LogP contribution in [0.25, 0.3) is 22.4 Å². The number of aromatic nitrogens is 2. The molecule has 0 bridgehead atoms. The molecule has 2 fully saturated rings. The van der Waals surface area contributed by atoms with E-state index in [1.54, 1.807) is 24.3 Å². The van der Waals surface area contributed by atoms with Crippen LogP contribution in [0, 0.1) is 0 Å². The van der Waals surface area contributed by atoms with Gasteiger partial charge in [0.05, 0.1) is 16.6 Å². The number of aromatic hydroxyl groups is 1. The number of hydrogen-bond acceptors (Lipinski definition) is 5. The molecule has 212 valence electrons. The maximum atomic E-state index is 11.3. The summed E-state index contributed by atoms with van der Waals surface area (Å²) >= 11 is 0. The van der Waals surface area contributed by atoms with E-state index in [9.17, 15) is 15.0 Å². The highest BCUT2D eigenvalue weighted by Crippen LogP contribution is 2.36. The van der Waals surface area contributed by atoms with Gasteiger partial charge >= 0.3 is 5.97 Å². The van der Waals surface area contributed by atoms with E-state index < -0.39 is 5.97 Å². The third-order valence-corrected chi connectivity index (χ3v) is 7.63. The van der Waals surface area contributed by atoms with Crippen molar-refractivity contribution in [3.63, 3.8) is 0 Å². The van der Waals surface area contributed by atoms with Crippen LogP contribution in [-0.2, 0) is 0 Å². The van der Waals surface area contributed by atoms with Gasteiger partial charge in [-0.25, -0.2) is 9.78 Å². The molecule has 7 heteroatoms. The maximum absolute atomic E-state index is 11.3. The Bertz CT molecular complexity index is 1370. The van der Waals surface area contributed by atoms with Crippen LogP contribution in [0.4, 0.5) is 11.4 Å². The van der Waals surface area contributed by atoms with Gasteiger partial charge in [-0.15, -0.1) is 0 Å². The van der Waals surface area contributed by atoms with Gasteiger partial charge in [0.25, 0.3) is 0 Å². The first-order chi connectivity index (χ1) is 19.5. The second-order valence-corrected chi connectivity index (χ2v) is 10.1. The molecule has 0 unspecified atom stereocenters. The van der Waals surface area contributed by atoms with E-state index in [0.717, 1.165) is 29.7 Å². The van der Waals surface area contributed by atoms with Crippen molar-refractivity contribution in [3.8, 4) is 17.1 Å². The summed E-state index contributed by atoms with van der Waals surface area (Å²) in [5.74, 6) is 0.113. The number of imidazole rings is 1. The number of rotatable bonds is 5. The van der Waals surface area contributed by atoms with Crippen molar-refractivity contribution < 1.29 is 15.0 Å². The van der Waals surface area contributed by atoms with Crippen molar-refractivity contribution in [3.05, 3.63) is 72.3 Å². The Balaban J connectivity index is 0.000000207. The molecule has 1 saturated heterocycles. The van der Waals surface area contributed by atoms with Crippen LogP contribution >= 0.6 is 0 Å². The minimum atomic E-state index is -0.944. The monoisotopic (exact) mass is 542 g/mol. The second-order valence-electron chi connectivity index (χ2n) is 10.1. The first-order valence-electron chi connectivity index (χ1n) is 14.6. The van der Waals surface area contributed by atoms with Gasteiger partial charge in [0.2, 0.25) is 0 Å². The van der Waals surface area contributed by atoms with Gasteiger partial charge in [0, 0.05) is 43.1 Å². The number of carboxylic acids is 1. The van der Waals surface area contributed by atoms with E-state index >= 15 is 0 Å². The Hall–Kier alpha value is -4.00. The molecule has 2 aliphatic rings. The zero-order chi connectivity index (χ0) is 28.5. The fourth-order valence-corrected chi connectivity index (χ4v) is 5.57. The third kappa shape index (κ3) is 6.76. The number of hydrogen-bond donors (Lipinski definition) is 3. The summed E-state index contributed by atoms with van der Waals surface area (Å²) in [6.45, 7) is 6.44. The average molecular weight is 543 g/mol. The van der Waals surface area contributed by atoms with Crippen LogP contribution in [0.1, 0.15) is 75.2 Å². The third-order valence-electron chi connectivity index (χ3n) is 7.63. The van der Waals surface area contributed by atoms with Gasteiger partial charge in [-0.05, 0) is 92.4 Å². The van der Waals surface area contributed by atoms with Crippen molar-refractivity contribution in [1.29, 1.82) is 0 Å². The molecule has 4 aromatic rings. The van der Waals surface area contributed by atoms with Crippen LogP contribution in [0.5, 0.6) is 5.75 Å². The molecule has 0 radical (unpaired) electrons. The highest BCUT2D eigenvalue weighted by molar-refractivity contribution is 5.93. The quantitative estimate of drug-likeness (QED) is 0.237. The fourth-order valence-electron chi connectivity index (χ4n) is 5.57. The molecule has 0 spiro atoms. The Morgan fingerprint density at radius 2 is 1.52 bits per heavy atom. The number of aromatic carboxylic acids is 1. The Labute approximate surface area is 237 Å². The van der Waals surface area contributed by atoms with E-state index in [-0.39, 0.29) is 11.3 Å². The van der Waals surface area contributed by atoms with Crippen LogP contribution in [0.15, 0.2) is 66.7 Å². The first-order valence-corrected chi connectivity index (χ1v) is 14.6. The molecule has 3 aromatic carbocycles. The van der Waals surface area contributed by atoms with Crippen molar-refractivity contribution in [2.75, 3.05) is 30.4 Å². The van der Waals surface area contributed by atoms with Crippen molar-refractivity contribution in [1.82, 2.24) is 9.55 Å². The van der Waals surface area contributed by atoms with Crippen LogP contribution in [0.2, 0.25) is 0 Å². The molecular formula is C33H42N4O3. The predicted octanol–water partition coefficient (Wildman–Crippen LogP) is 7.97. The summed E-state index contributed by atoms with van der Waals surface area (Å²) in [5, 5.41) is 21.9. The van der Waals surface area contributed by atoms with Crippen molar-refractivity contribution >= 4 is 28.4 Å². The van der Waals surface area contributed by atoms with Gasteiger partial charge < -0.3 is 25.0 Å². The number of fused-ring (bicyclic) bond motifs is 1. The van der Waals surface area contributed by atoms with Crippen molar-refractivity contribution in [2.24, 2.45) is 0 Å². The highest BCUT2D eigenvalue weighted by Gasteiger charge is 2.23. The summed E-state index contributed by atoms with van der Waals surface area (Å²) in [4.78, 5) is 18.5. The van der Waals surface area contributed by atoms with Gasteiger partial charge in [-0.1, -0.05) is 33.1 Å². The largest absolute Gasteiger partial charge is 0.508 e. The van der Waals surface area contributed by atoms with E-state index in [2.05, 4.69) is 39.0 Å². The van der Waals surface area contributed by atoms with Gasteiger partial charge in [0.15, 0.2) is 0 Å². The molecule has 6 rings (SSSR count). The Kier molecular flexibility index (Phi) is 10.1. The topological polar surface area (TPSA) is 90.6 Å². The minimum Gasteiger partial charge on any atom is -0.508 e. The SMILES string of the molecule is CC.CNc1ccc(N2CCCC2)cc1.O=C(O)c1ccc2c(c1)nc(-c1ccc(O)cc1)n2C1CCCCC1. The Morgan fingerprint density at radius 1 is 0.875 bits per heavy atom. The normalized spacial score (nSPS) is 15.1. The van der Waals surface area contributed by atoms with E-state index in [0.29, 0.717) is 11.6 Å². The molecule has 3 N–H and O–H groups in total. The molecule has 1 aliphatic heterocycles. The molecule has 1 saturated carbocycles. The summed E-state index contributed by atoms with van der Waals surface area (Å²) in [5.41, 5.74) is 5.39. The minimum absolute atomic E-state index is 0.220. The number of nitrogens with one attached hydrogen (secondary N) is 1. The standard InChI is InChI=1S/C20H20N2O3.C11H16N2.C2H6/c23-16-9-6-13(7-10-16)19-21-17-12-14(20(24)25)8-11-18(17)22(19)15-4-2-1-3-5-15;1-12-10-4-6-11(7-5-10)13-8-2-3-9-13;1-2/h6-12,15,23H,1-5H2,(H,24,25);4-7,12H,2-3,8-9H2,1H3;1-2H3. The maximum Gasteiger partial charge on any atom is 0.335 e. The number of phenolic OH excluding ortho intramolecular Hbond substituents is 1. The van der Waals surface area contributed by atoms with Gasteiger partial charge in [-0.2, -0.15) is 0 Å². The average Bonchev–Trinajstić information content (AvgIpc) is 3.68. The lowest BCUT2D eigenvalue weighted by Gasteiger charge is -2.25. The molecule has 40 heavy (non-hydrogen) atoms. The number of carboxylic acid groups (broad SMARTS) is 1. The molecule has 7 nitrogen and oxygen atoms in total. The summed E-state index contributed by atoms with van der Waals surface area (Å²) in [7, 11) is 1.95. The Morgan fingerprint density at radius 3 is 2.12 bits per heavy atom. The molecule has 2 heterocycles. The van der Waals surface area contributed by atoms with Gasteiger partial charge in [-0.3, -0.25) is 0 Å². The summed E-state index contributed by atoms with van der Waals surface area (Å²) in [6, 6.07) is 21.2. The summed E-state index contributed by atoms with van der Waals surface area (Å²) in [6.07, 6.45) is 8.57. The lowest BCUT2D eigenvalue weighted by atomic mass is 9.95. The van der Waals surface area contributed by atoms with Crippen LogP contribution < -0.4 is 10.2 Å². The molecule has 1 aromatic heterocycles. The number of benzene rings is 3. The first kappa shape index (κ1) is 29.0. The zero-order valence-electron chi connectivity index (χ0n) is 23.9. The van der Waals surface area contributed by atoms with Crippen molar-refractivity contribution in [2.45, 2.75) is 64.8 Å². The molecule has 1 aliphatic carbocycles. The summed E-state index contributed by atoms with van der Waals surface area (Å²) < 4.78 is 2.26. The van der Waals surface area contributed by atoms with E-state index in [4.69, 9.17) is 4.98 Å². The number of nitrogens with zero attached hydrogens (tertiary/aromatic N) is 3. The predicted molar refractivity (Wildman–Crippen MR) is 165 cm³/mol. The number of carbonyl (C=O) groups is 1. The highest BCUT2D eigenvalue weighted by atomic mass is 16.4.